The molecule has 0 unspecified atom stereocenters. The Morgan fingerprint density at radius 2 is 1.42 bits per heavy atom. The highest BCUT2D eigenvalue weighted by atomic mass is 16.5. The lowest BCUT2D eigenvalue weighted by molar-refractivity contribution is -0.142. The van der Waals surface area contributed by atoms with Crippen molar-refractivity contribution >= 4 is 35.5 Å². The smallest absolute Gasteiger partial charge is 0.408 e. The zero-order chi connectivity index (χ0) is 37.0. The molecule has 3 aromatic carbocycles. The number of para-hydroxylation sites is 1. The first-order chi connectivity index (χ1) is 23.6. The summed E-state index contributed by atoms with van der Waals surface area (Å²) in [5.41, 5.74) is 1.40. The van der Waals surface area contributed by atoms with E-state index in [-0.39, 0.29) is 30.2 Å². The van der Waals surface area contributed by atoms with Crippen LogP contribution in [0.25, 0.3) is 0 Å². The molecule has 268 valence electrons. The van der Waals surface area contributed by atoms with Gasteiger partial charge in [-0.1, -0.05) is 68.4 Å². The Balaban J connectivity index is 1.88. The second-order valence-electron chi connectivity index (χ2n) is 13.2. The number of rotatable bonds is 14. The third-order valence-corrected chi connectivity index (χ3v) is 7.64. The van der Waals surface area contributed by atoms with Crippen molar-refractivity contribution in [3.63, 3.8) is 0 Å². The zero-order valence-electron chi connectivity index (χ0n) is 29.9. The van der Waals surface area contributed by atoms with Gasteiger partial charge in [0.2, 0.25) is 11.8 Å². The fourth-order valence-corrected chi connectivity index (χ4v) is 4.97. The lowest BCUT2D eigenvalue weighted by Gasteiger charge is -2.32. The van der Waals surface area contributed by atoms with Gasteiger partial charge in [-0.15, -0.1) is 0 Å². The van der Waals surface area contributed by atoms with Gasteiger partial charge in [0, 0.05) is 13.5 Å². The number of carbonyl (C=O) groups is 5. The first-order valence-electron chi connectivity index (χ1n) is 16.4. The SMILES string of the molecule is COC(=O)[C@H](C)NC(=O)c1ccccc1NC(=O)[C@H](Cc1ccc(OC(C)(C)C)cc1)N(C)C(=O)[C@@H](NC(=O)OCc1ccccc1)C(C)C. The minimum absolute atomic E-state index is 0.0207. The molecule has 0 aliphatic carbocycles. The molecule has 3 N–H and O–H groups in total. The molecule has 0 heterocycles. The second kappa shape index (κ2) is 17.8. The zero-order valence-corrected chi connectivity index (χ0v) is 29.9. The third kappa shape index (κ3) is 11.6. The number of methoxy groups -OCH3 is 1. The molecule has 0 aliphatic rings. The van der Waals surface area contributed by atoms with Crippen LogP contribution in [0.15, 0.2) is 78.9 Å². The topological polar surface area (TPSA) is 152 Å². The van der Waals surface area contributed by atoms with Gasteiger partial charge >= 0.3 is 12.1 Å². The van der Waals surface area contributed by atoms with Gasteiger partial charge < -0.3 is 35.1 Å². The number of esters is 1. The fraction of sp³-hybridized carbons (Fsp3) is 0.395. The molecule has 0 aliphatic heterocycles. The molecule has 12 heteroatoms. The molecule has 4 amide bonds. The molecule has 0 saturated heterocycles. The van der Waals surface area contributed by atoms with E-state index in [1.54, 1.807) is 44.2 Å². The molecule has 50 heavy (non-hydrogen) atoms. The molecule has 0 radical (unpaired) electrons. The number of amides is 4. The predicted octanol–water partition coefficient (Wildman–Crippen LogP) is 5.11. The van der Waals surface area contributed by atoms with E-state index in [0.29, 0.717) is 5.75 Å². The molecular weight excluding hydrogens is 640 g/mol. The van der Waals surface area contributed by atoms with Gasteiger partial charge in [-0.05, 0) is 69.0 Å². The van der Waals surface area contributed by atoms with Crippen molar-refractivity contribution in [3.8, 4) is 5.75 Å². The van der Waals surface area contributed by atoms with Crippen LogP contribution in [0.3, 0.4) is 0 Å². The standard InChI is InChI=1S/C38H48N4O8/c1-24(2)32(41-37(47)49-23-27-14-10-9-11-15-27)35(45)42(7)31(22-26-18-20-28(21-19-26)50-38(4,5)6)34(44)40-30-17-13-12-16-29(30)33(43)39-25(3)36(46)48-8/h9-21,24-25,31-32H,22-23H2,1-8H3,(H,39,43)(H,40,44)(H,41,47)/t25-,31-,32-/m0/s1. The highest BCUT2D eigenvalue weighted by Gasteiger charge is 2.35. The molecule has 3 aromatic rings. The lowest BCUT2D eigenvalue weighted by atomic mass is 9.99. The Labute approximate surface area is 293 Å². The van der Waals surface area contributed by atoms with Crippen molar-refractivity contribution in [3.05, 3.63) is 95.6 Å². The van der Waals surface area contributed by atoms with Crippen molar-refractivity contribution in [2.45, 2.75) is 78.3 Å². The van der Waals surface area contributed by atoms with Crippen molar-refractivity contribution in [1.29, 1.82) is 0 Å². The Kier molecular flexibility index (Phi) is 13.9. The first-order valence-corrected chi connectivity index (χ1v) is 16.4. The van der Waals surface area contributed by atoms with E-state index < -0.39 is 53.5 Å². The van der Waals surface area contributed by atoms with Crippen LogP contribution >= 0.6 is 0 Å². The summed E-state index contributed by atoms with van der Waals surface area (Å²) in [4.78, 5) is 67.3. The van der Waals surface area contributed by atoms with Crippen LogP contribution in [0.1, 0.15) is 63.0 Å². The van der Waals surface area contributed by atoms with E-state index in [0.717, 1.165) is 11.1 Å². The molecule has 0 aromatic heterocycles. The molecule has 0 bridgehead atoms. The van der Waals surface area contributed by atoms with Crippen molar-refractivity contribution in [2.24, 2.45) is 5.92 Å². The van der Waals surface area contributed by atoms with E-state index in [1.807, 2.05) is 63.2 Å². The van der Waals surface area contributed by atoms with E-state index in [1.165, 1.54) is 32.0 Å². The maximum absolute atomic E-state index is 14.1. The third-order valence-electron chi connectivity index (χ3n) is 7.64. The van der Waals surface area contributed by atoms with Crippen LogP contribution < -0.4 is 20.7 Å². The number of carbonyl (C=O) groups excluding carboxylic acids is 5. The van der Waals surface area contributed by atoms with Gasteiger partial charge in [0.05, 0.1) is 18.4 Å². The number of benzene rings is 3. The fourth-order valence-electron chi connectivity index (χ4n) is 4.97. The molecule has 0 saturated carbocycles. The normalized spacial score (nSPS) is 12.9. The van der Waals surface area contributed by atoms with Crippen molar-refractivity contribution in [2.75, 3.05) is 19.5 Å². The van der Waals surface area contributed by atoms with Gasteiger partial charge in [-0.2, -0.15) is 0 Å². The van der Waals surface area contributed by atoms with Crippen LogP contribution in [-0.2, 0) is 36.9 Å². The van der Waals surface area contributed by atoms with Crippen molar-refractivity contribution < 1.29 is 38.2 Å². The number of hydrogen-bond acceptors (Lipinski definition) is 8. The maximum Gasteiger partial charge on any atom is 0.408 e. The van der Waals surface area contributed by atoms with Gasteiger partial charge in [0.1, 0.15) is 36.1 Å². The number of nitrogens with zero attached hydrogens (tertiary/aromatic N) is 1. The molecule has 0 fully saturated rings. The quantitative estimate of drug-likeness (QED) is 0.198. The van der Waals surface area contributed by atoms with Crippen LogP contribution in [0.5, 0.6) is 5.75 Å². The summed E-state index contributed by atoms with van der Waals surface area (Å²) in [5, 5.41) is 8.04. The van der Waals surface area contributed by atoms with Crippen molar-refractivity contribution in [1.82, 2.24) is 15.5 Å². The van der Waals surface area contributed by atoms with Crippen LogP contribution in [-0.4, -0.2) is 72.6 Å². The van der Waals surface area contributed by atoms with Crippen LogP contribution in [0.4, 0.5) is 10.5 Å². The van der Waals surface area contributed by atoms with Crippen LogP contribution in [0, 0.1) is 5.92 Å². The van der Waals surface area contributed by atoms with Gasteiger partial charge in [-0.25, -0.2) is 9.59 Å². The number of anilines is 1. The number of likely N-dealkylation sites (N-methyl/N-ethyl adjacent to an activating group) is 1. The minimum Gasteiger partial charge on any atom is -0.488 e. The Morgan fingerprint density at radius 1 is 0.800 bits per heavy atom. The molecular formula is C38H48N4O8. The summed E-state index contributed by atoms with van der Waals surface area (Å²) in [6.45, 7) is 10.9. The maximum atomic E-state index is 14.1. The van der Waals surface area contributed by atoms with Gasteiger partial charge in [0.15, 0.2) is 0 Å². The highest BCUT2D eigenvalue weighted by molar-refractivity contribution is 6.06. The Bertz CT molecular complexity index is 1620. The summed E-state index contributed by atoms with van der Waals surface area (Å²) < 4.78 is 16.0. The van der Waals surface area contributed by atoms with E-state index in [4.69, 9.17) is 14.2 Å². The average Bonchev–Trinajstić information content (AvgIpc) is 3.08. The first kappa shape index (κ1) is 39.1. The largest absolute Gasteiger partial charge is 0.488 e. The number of hydrogen-bond donors (Lipinski definition) is 3. The number of alkyl carbamates (subject to hydrolysis) is 1. The van der Waals surface area contributed by atoms with E-state index >= 15 is 0 Å². The van der Waals surface area contributed by atoms with Crippen LogP contribution in [0.2, 0.25) is 0 Å². The minimum atomic E-state index is -1.08. The summed E-state index contributed by atoms with van der Waals surface area (Å²) in [6.07, 6.45) is -0.674. The molecule has 3 atom stereocenters. The summed E-state index contributed by atoms with van der Waals surface area (Å²) in [7, 11) is 2.71. The summed E-state index contributed by atoms with van der Waals surface area (Å²) in [6, 6.07) is 19.7. The number of nitrogens with one attached hydrogen (secondary N) is 3. The molecule has 3 rings (SSSR count). The molecule has 12 nitrogen and oxygen atoms in total. The summed E-state index contributed by atoms with van der Waals surface area (Å²) in [5.74, 6) is -2.03. The van der Waals surface area contributed by atoms with E-state index in [2.05, 4.69) is 16.0 Å². The average molecular weight is 689 g/mol. The Hall–Kier alpha value is -5.39. The second-order valence-corrected chi connectivity index (χ2v) is 13.2. The Morgan fingerprint density at radius 3 is 2.02 bits per heavy atom. The van der Waals surface area contributed by atoms with Gasteiger partial charge in [0.25, 0.3) is 5.91 Å². The predicted molar refractivity (Wildman–Crippen MR) is 189 cm³/mol. The lowest BCUT2D eigenvalue weighted by Crippen LogP contribution is -2.55. The number of ether oxygens (including phenoxy) is 3. The monoisotopic (exact) mass is 688 g/mol. The molecule has 0 spiro atoms. The highest BCUT2D eigenvalue weighted by Crippen LogP contribution is 2.22. The van der Waals surface area contributed by atoms with E-state index in [9.17, 15) is 24.0 Å². The summed E-state index contributed by atoms with van der Waals surface area (Å²) >= 11 is 0. The van der Waals surface area contributed by atoms with Gasteiger partial charge in [-0.3, -0.25) is 14.4 Å².